The SMILES string of the molecule is CCC1(COC)NCCC(C)S1. The van der Waals surface area contributed by atoms with E-state index in [1.807, 2.05) is 11.8 Å². The second-order valence-electron chi connectivity index (χ2n) is 3.42. The standard InChI is InChI=1S/C9H19NOS/c1-4-9(7-11-3)10-6-5-8(2)12-9/h8,10H,4-7H2,1-3H3. The van der Waals surface area contributed by atoms with Gasteiger partial charge in [0.15, 0.2) is 0 Å². The molecule has 1 saturated heterocycles. The van der Waals surface area contributed by atoms with Gasteiger partial charge in [0.25, 0.3) is 0 Å². The number of rotatable bonds is 3. The normalized spacial score (nSPS) is 36.8. The van der Waals surface area contributed by atoms with Crippen LogP contribution in [0.4, 0.5) is 0 Å². The van der Waals surface area contributed by atoms with E-state index in [1.54, 1.807) is 7.11 Å². The smallest absolute Gasteiger partial charge is 0.0881 e. The first kappa shape index (κ1) is 10.4. The van der Waals surface area contributed by atoms with Gasteiger partial charge in [-0.15, -0.1) is 11.8 Å². The van der Waals surface area contributed by atoms with Crippen LogP contribution in [0.3, 0.4) is 0 Å². The Morgan fingerprint density at radius 2 is 2.42 bits per heavy atom. The fourth-order valence-corrected chi connectivity index (χ4v) is 3.16. The van der Waals surface area contributed by atoms with Crippen LogP contribution >= 0.6 is 11.8 Å². The lowest BCUT2D eigenvalue weighted by atomic mass is 10.2. The summed E-state index contributed by atoms with van der Waals surface area (Å²) in [6, 6.07) is 0. The van der Waals surface area contributed by atoms with Gasteiger partial charge in [0.1, 0.15) is 0 Å². The molecule has 0 aromatic carbocycles. The first-order valence-corrected chi connectivity index (χ1v) is 5.52. The molecular weight excluding hydrogens is 170 g/mol. The van der Waals surface area contributed by atoms with Crippen LogP contribution in [-0.2, 0) is 4.74 Å². The monoisotopic (exact) mass is 189 g/mol. The Bertz CT molecular complexity index is 138. The molecule has 0 bridgehead atoms. The predicted molar refractivity (Wildman–Crippen MR) is 54.6 cm³/mol. The number of hydrogen-bond acceptors (Lipinski definition) is 3. The number of ether oxygens (including phenoxy) is 1. The van der Waals surface area contributed by atoms with E-state index in [0.717, 1.165) is 24.8 Å². The molecule has 2 unspecified atom stereocenters. The highest BCUT2D eigenvalue weighted by Gasteiger charge is 2.33. The van der Waals surface area contributed by atoms with Crippen LogP contribution in [0, 0.1) is 0 Å². The zero-order valence-electron chi connectivity index (χ0n) is 8.22. The molecule has 0 spiro atoms. The molecule has 2 atom stereocenters. The maximum Gasteiger partial charge on any atom is 0.0881 e. The zero-order chi connectivity index (χ0) is 9.03. The molecule has 1 N–H and O–H groups in total. The van der Waals surface area contributed by atoms with E-state index in [1.165, 1.54) is 6.42 Å². The van der Waals surface area contributed by atoms with Gasteiger partial charge in [-0.1, -0.05) is 13.8 Å². The maximum absolute atomic E-state index is 5.24. The topological polar surface area (TPSA) is 21.3 Å². The number of nitrogens with one attached hydrogen (secondary N) is 1. The van der Waals surface area contributed by atoms with E-state index >= 15 is 0 Å². The summed E-state index contributed by atoms with van der Waals surface area (Å²) in [4.78, 5) is 0.187. The van der Waals surface area contributed by atoms with E-state index in [4.69, 9.17) is 4.74 Å². The van der Waals surface area contributed by atoms with Crippen LogP contribution in [-0.4, -0.2) is 30.4 Å². The molecule has 1 rings (SSSR count). The van der Waals surface area contributed by atoms with Crippen molar-refractivity contribution >= 4 is 11.8 Å². The van der Waals surface area contributed by atoms with Crippen molar-refractivity contribution in [2.45, 2.75) is 36.8 Å². The molecule has 1 aliphatic rings. The van der Waals surface area contributed by atoms with Gasteiger partial charge in [0.05, 0.1) is 11.5 Å². The molecule has 1 aliphatic heterocycles. The van der Waals surface area contributed by atoms with Crippen molar-refractivity contribution in [3.63, 3.8) is 0 Å². The second-order valence-corrected chi connectivity index (χ2v) is 5.25. The molecule has 0 aliphatic carbocycles. The highest BCUT2D eigenvalue weighted by molar-refractivity contribution is 8.01. The molecule has 0 saturated carbocycles. The Hall–Kier alpha value is 0.270. The van der Waals surface area contributed by atoms with Crippen LogP contribution in [0.1, 0.15) is 26.7 Å². The summed E-state index contributed by atoms with van der Waals surface area (Å²) in [5.41, 5.74) is 0. The largest absolute Gasteiger partial charge is 0.382 e. The lowest BCUT2D eigenvalue weighted by Gasteiger charge is -2.39. The first-order valence-electron chi connectivity index (χ1n) is 4.64. The molecule has 72 valence electrons. The Kier molecular flexibility index (Phi) is 3.87. The average molecular weight is 189 g/mol. The van der Waals surface area contributed by atoms with E-state index < -0.39 is 0 Å². The fourth-order valence-electron chi connectivity index (χ4n) is 1.62. The minimum Gasteiger partial charge on any atom is -0.382 e. The molecule has 0 aromatic rings. The molecule has 0 radical (unpaired) electrons. The summed E-state index contributed by atoms with van der Waals surface area (Å²) in [7, 11) is 1.78. The van der Waals surface area contributed by atoms with Crippen molar-refractivity contribution in [2.75, 3.05) is 20.3 Å². The Morgan fingerprint density at radius 1 is 1.67 bits per heavy atom. The van der Waals surface area contributed by atoms with Gasteiger partial charge < -0.3 is 10.1 Å². The lowest BCUT2D eigenvalue weighted by Crippen LogP contribution is -2.50. The zero-order valence-corrected chi connectivity index (χ0v) is 9.04. The highest BCUT2D eigenvalue weighted by Crippen LogP contribution is 2.34. The Labute approximate surface area is 79.4 Å². The van der Waals surface area contributed by atoms with Gasteiger partial charge in [-0.25, -0.2) is 0 Å². The number of methoxy groups -OCH3 is 1. The third kappa shape index (κ3) is 2.38. The van der Waals surface area contributed by atoms with Gasteiger partial charge >= 0.3 is 0 Å². The van der Waals surface area contributed by atoms with Gasteiger partial charge in [-0.2, -0.15) is 0 Å². The van der Waals surface area contributed by atoms with Crippen LogP contribution in [0.5, 0.6) is 0 Å². The molecule has 0 amide bonds. The van der Waals surface area contributed by atoms with E-state index in [9.17, 15) is 0 Å². The summed E-state index contributed by atoms with van der Waals surface area (Å²) in [5, 5.41) is 4.32. The molecule has 12 heavy (non-hydrogen) atoms. The van der Waals surface area contributed by atoms with Crippen molar-refractivity contribution in [3.8, 4) is 0 Å². The van der Waals surface area contributed by atoms with Crippen molar-refractivity contribution in [1.29, 1.82) is 0 Å². The van der Waals surface area contributed by atoms with Crippen LogP contribution in [0.2, 0.25) is 0 Å². The predicted octanol–water partition coefficient (Wildman–Crippen LogP) is 1.85. The summed E-state index contributed by atoms with van der Waals surface area (Å²) >= 11 is 2.02. The van der Waals surface area contributed by atoms with Crippen LogP contribution in [0.25, 0.3) is 0 Å². The molecular formula is C9H19NOS. The number of thioether (sulfide) groups is 1. The van der Waals surface area contributed by atoms with Crippen LogP contribution in [0.15, 0.2) is 0 Å². The third-order valence-electron chi connectivity index (χ3n) is 2.37. The minimum atomic E-state index is 0.187. The second kappa shape index (κ2) is 4.49. The molecule has 1 fully saturated rings. The molecule has 3 heteroatoms. The molecule has 2 nitrogen and oxygen atoms in total. The first-order chi connectivity index (χ1) is 5.72. The minimum absolute atomic E-state index is 0.187. The van der Waals surface area contributed by atoms with Crippen molar-refractivity contribution in [3.05, 3.63) is 0 Å². The summed E-state index contributed by atoms with van der Waals surface area (Å²) < 4.78 is 5.24. The van der Waals surface area contributed by atoms with Gasteiger partial charge in [0.2, 0.25) is 0 Å². The fraction of sp³-hybridized carbons (Fsp3) is 1.00. The van der Waals surface area contributed by atoms with Crippen molar-refractivity contribution in [1.82, 2.24) is 5.32 Å². The lowest BCUT2D eigenvalue weighted by molar-refractivity contribution is 0.148. The Balaban J connectivity index is 2.51. The molecule has 1 heterocycles. The average Bonchev–Trinajstić information content (AvgIpc) is 2.05. The van der Waals surface area contributed by atoms with Crippen molar-refractivity contribution < 1.29 is 4.74 Å². The molecule has 0 aromatic heterocycles. The van der Waals surface area contributed by atoms with Crippen LogP contribution < -0.4 is 5.32 Å². The van der Waals surface area contributed by atoms with Crippen molar-refractivity contribution in [2.24, 2.45) is 0 Å². The highest BCUT2D eigenvalue weighted by atomic mass is 32.2. The maximum atomic E-state index is 5.24. The van der Waals surface area contributed by atoms with Gasteiger partial charge in [-0.05, 0) is 19.4 Å². The van der Waals surface area contributed by atoms with Gasteiger partial charge in [-0.3, -0.25) is 0 Å². The number of hydrogen-bond donors (Lipinski definition) is 1. The summed E-state index contributed by atoms with van der Waals surface area (Å²) in [5.74, 6) is 0. The van der Waals surface area contributed by atoms with E-state index in [2.05, 4.69) is 19.2 Å². The Morgan fingerprint density at radius 3 is 2.92 bits per heavy atom. The summed E-state index contributed by atoms with van der Waals surface area (Å²) in [6.07, 6.45) is 2.41. The quantitative estimate of drug-likeness (QED) is 0.732. The van der Waals surface area contributed by atoms with Gasteiger partial charge in [0, 0.05) is 12.4 Å². The summed E-state index contributed by atoms with van der Waals surface area (Å²) in [6.45, 7) is 6.46. The third-order valence-corrected chi connectivity index (χ3v) is 4.01. The van der Waals surface area contributed by atoms with E-state index in [-0.39, 0.29) is 4.87 Å². The van der Waals surface area contributed by atoms with E-state index in [0.29, 0.717) is 0 Å².